The first kappa shape index (κ1) is 19.0. The number of nitrogens with zero attached hydrogens (tertiary/aromatic N) is 2. The maximum Gasteiger partial charge on any atom is 0.271 e. The molecule has 2 aliphatic rings. The van der Waals surface area contributed by atoms with E-state index in [0.717, 1.165) is 25.7 Å². The quantitative estimate of drug-likeness (QED) is 0.660. The summed E-state index contributed by atoms with van der Waals surface area (Å²) in [4.78, 5) is 26.9. The zero-order chi connectivity index (χ0) is 18.4. The molecular weight excluding hydrogens is 350 g/mol. The second-order valence-corrected chi connectivity index (χ2v) is 8.05. The number of nitrogens with one attached hydrogen (secondary N) is 3. The summed E-state index contributed by atoms with van der Waals surface area (Å²) in [6.45, 7) is 5.91. The number of hydrogen-bond acceptors (Lipinski definition) is 5. The topological polar surface area (TPSA) is 90.1 Å². The molecule has 0 bridgehead atoms. The predicted octanol–water partition coefficient (Wildman–Crippen LogP) is 2.01. The number of aromatic amines is 1. The summed E-state index contributed by atoms with van der Waals surface area (Å²) in [5.74, 6) is 2.04. The number of amides is 2. The van der Waals surface area contributed by atoms with Crippen molar-refractivity contribution in [3.8, 4) is 0 Å². The van der Waals surface area contributed by atoms with Crippen molar-refractivity contribution in [3.05, 3.63) is 24.5 Å². The van der Waals surface area contributed by atoms with Crippen LogP contribution in [0.25, 0.3) is 0 Å². The van der Waals surface area contributed by atoms with Gasteiger partial charge in [-0.3, -0.25) is 19.6 Å². The van der Waals surface area contributed by atoms with E-state index >= 15 is 0 Å². The van der Waals surface area contributed by atoms with Crippen molar-refractivity contribution >= 4 is 29.3 Å². The largest absolute Gasteiger partial charge is 0.348 e. The lowest BCUT2D eigenvalue weighted by molar-refractivity contribution is -0.115. The molecule has 26 heavy (non-hydrogen) atoms. The highest BCUT2D eigenvalue weighted by molar-refractivity contribution is 7.99. The molecule has 142 valence electrons. The summed E-state index contributed by atoms with van der Waals surface area (Å²) in [5.41, 5.74) is 0.714. The molecule has 1 aromatic rings. The van der Waals surface area contributed by atoms with Crippen molar-refractivity contribution in [1.82, 2.24) is 20.4 Å². The Kier molecular flexibility index (Phi) is 6.73. The summed E-state index contributed by atoms with van der Waals surface area (Å²) in [7, 11) is 0. The van der Waals surface area contributed by atoms with Gasteiger partial charge in [-0.25, -0.2) is 0 Å². The number of thioether (sulfide) groups is 1. The van der Waals surface area contributed by atoms with E-state index in [1.807, 2.05) is 11.8 Å². The van der Waals surface area contributed by atoms with Crippen molar-refractivity contribution in [3.63, 3.8) is 0 Å². The minimum atomic E-state index is -0.214. The monoisotopic (exact) mass is 377 g/mol. The van der Waals surface area contributed by atoms with Gasteiger partial charge in [0.25, 0.3) is 5.91 Å². The van der Waals surface area contributed by atoms with E-state index in [2.05, 4.69) is 32.3 Å². The van der Waals surface area contributed by atoms with E-state index in [4.69, 9.17) is 0 Å². The van der Waals surface area contributed by atoms with Gasteiger partial charge in [-0.15, -0.1) is 6.58 Å². The van der Waals surface area contributed by atoms with Crippen LogP contribution < -0.4 is 10.6 Å². The summed E-state index contributed by atoms with van der Waals surface area (Å²) in [5, 5.41) is 12.3. The molecule has 2 amide bonds. The van der Waals surface area contributed by atoms with Crippen molar-refractivity contribution in [2.24, 2.45) is 0 Å². The van der Waals surface area contributed by atoms with Gasteiger partial charge < -0.3 is 10.6 Å². The fourth-order valence-electron chi connectivity index (χ4n) is 3.67. The zero-order valence-electron chi connectivity index (χ0n) is 15.0. The Morgan fingerprint density at radius 3 is 2.73 bits per heavy atom. The molecule has 0 radical (unpaired) electrons. The first-order chi connectivity index (χ1) is 12.7. The van der Waals surface area contributed by atoms with Crippen molar-refractivity contribution in [1.29, 1.82) is 0 Å². The van der Waals surface area contributed by atoms with E-state index in [0.29, 0.717) is 17.4 Å². The number of carbonyl (C=O) groups excluding carboxylic acids is 2. The minimum absolute atomic E-state index is 0.179. The molecule has 7 nitrogen and oxygen atoms in total. The van der Waals surface area contributed by atoms with Gasteiger partial charge in [0.15, 0.2) is 0 Å². The van der Waals surface area contributed by atoms with Crippen molar-refractivity contribution < 1.29 is 9.59 Å². The van der Waals surface area contributed by atoms with Crippen LogP contribution in [0.15, 0.2) is 18.9 Å². The van der Waals surface area contributed by atoms with E-state index in [9.17, 15) is 9.59 Å². The highest BCUT2D eigenvalue weighted by Gasteiger charge is 2.28. The Labute approximate surface area is 158 Å². The average molecular weight is 378 g/mol. The Morgan fingerprint density at radius 2 is 2.04 bits per heavy atom. The number of carbonyl (C=O) groups is 2. The standard InChI is InChI=1S/C18H27N5O2S/c1-2-3-16(24)21-15-12-19-22-17(15)18(25)20-13-4-6-14(7-5-13)23-8-10-26-11-9-23/h2,12-14H,1,3-11H2,(H,19,22)(H,20,25)(H,21,24). The third-order valence-corrected chi connectivity index (χ3v) is 6.01. The summed E-state index contributed by atoms with van der Waals surface area (Å²) >= 11 is 2.04. The lowest BCUT2D eigenvalue weighted by Crippen LogP contribution is -2.46. The molecule has 0 spiro atoms. The zero-order valence-corrected chi connectivity index (χ0v) is 15.8. The van der Waals surface area contributed by atoms with Gasteiger partial charge in [0.2, 0.25) is 5.91 Å². The first-order valence-corrected chi connectivity index (χ1v) is 10.4. The molecule has 1 saturated heterocycles. The van der Waals surface area contributed by atoms with Gasteiger partial charge in [0.1, 0.15) is 5.69 Å². The molecule has 0 unspecified atom stereocenters. The third kappa shape index (κ3) is 4.88. The molecule has 1 aliphatic carbocycles. The Hall–Kier alpha value is -1.80. The number of rotatable bonds is 6. The molecule has 3 rings (SSSR count). The van der Waals surface area contributed by atoms with Crippen LogP contribution in [0.3, 0.4) is 0 Å². The summed E-state index contributed by atoms with van der Waals surface area (Å²) in [6, 6.07) is 0.836. The van der Waals surface area contributed by atoms with E-state index in [1.54, 1.807) is 0 Å². The van der Waals surface area contributed by atoms with Crippen LogP contribution >= 0.6 is 11.8 Å². The van der Waals surface area contributed by atoms with Crippen LogP contribution in [0.2, 0.25) is 0 Å². The normalized spacial score (nSPS) is 24.0. The highest BCUT2D eigenvalue weighted by atomic mass is 32.2. The molecule has 2 fully saturated rings. The predicted molar refractivity (Wildman–Crippen MR) is 104 cm³/mol. The van der Waals surface area contributed by atoms with Crippen LogP contribution in [0.1, 0.15) is 42.6 Å². The molecular formula is C18H27N5O2S. The molecule has 1 aliphatic heterocycles. The van der Waals surface area contributed by atoms with Gasteiger partial charge in [0, 0.05) is 43.1 Å². The van der Waals surface area contributed by atoms with Crippen LogP contribution in [-0.4, -0.2) is 63.6 Å². The van der Waals surface area contributed by atoms with E-state index in [1.165, 1.54) is 36.9 Å². The number of aromatic nitrogens is 2. The number of anilines is 1. The molecule has 1 saturated carbocycles. The fraction of sp³-hybridized carbons (Fsp3) is 0.611. The second kappa shape index (κ2) is 9.23. The van der Waals surface area contributed by atoms with Crippen LogP contribution in [0.4, 0.5) is 5.69 Å². The molecule has 2 heterocycles. The van der Waals surface area contributed by atoms with Gasteiger partial charge in [-0.2, -0.15) is 16.9 Å². The maximum absolute atomic E-state index is 12.6. The van der Waals surface area contributed by atoms with Crippen molar-refractivity contribution in [2.75, 3.05) is 29.9 Å². The molecule has 1 aromatic heterocycles. The van der Waals surface area contributed by atoms with Crippen LogP contribution in [-0.2, 0) is 4.79 Å². The van der Waals surface area contributed by atoms with Gasteiger partial charge in [0.05, 0.1) is 11.9 Å². The van der Waals surface area contributed by atoms with E-state index in [-0.39, 0.29) is 24.3 Å². The Morgan fingerprint density at radius 1 is 1.31 bits per heavy atom. The smallest absolute Gasteiger partial charge is 0.271 e. The lowest BCUT2D eigenvalue weighted by Gasteiger charge is -2.38. The lowest BCUT2D eigenvalue weighted by atomic mass is 9.90. The first-order valence-electron chi connectivity index (χ1n) is 9.24. The van der Waals surface area contributed by atoms with Gasteiger partial charge in [-0.05, 0) is 25.7 Å². The summed E-state index contributed by atoms with van der Waals surface area (Å²) < 4.78 is 0. The molecule has 0 atom stereocenters. The number of hydrogen-bond donors (Lipinski definition) is 3. The SMILES string of the molecule is C=CCC(=O)Nc1cn[nH]c1C(=O)NC1CCC(N2CCSCC2)CC1. The molecule has 3 N–H and O–H groups in total. The average Bonchev–Trinajstić information content (AvgIpc) is 3.11. The minimum Gasteiger partial charge on any atom is -0.348 e. The number of H-pyrrole nitrogens is 1. The highest BCUT2D eigenvalue weighted by Crippen LogP contribution is 2.26. The molecule has 8 heteroatoms. The Balaban J connectivity index is 1.49. The van der Waals surface area contributed by atoms with Gasteiger partial charge in [-0.1, -0.05) is 6.08 Å². The van der Waals surface area contributed by atoms with E-state index < -0.39 is 0 Å². The second-order valence-electron chi connectivity index (χ2n) is 6.83. The Bertz CT molecular complexity index is 633. The summed E-state index contributed by atoms with van der Waals surface area (Å²) in [6.07, 6.45) is 7.42. The third-order valence-electron chi connectivity index (χ3n) is 5.06. The van der Waals surface area contributed by atoms with Crippen molar-refractivity contribution in [2.45, 2.75) is 44.2 Å². The van der Waals surface area contributed by atoms with Crippen LogP contribution in [0, 0.1) is 0 Å². The maximum atomic E-state index is 12.6. The van der Waals surface area contributed by atoms with Crippen LogP contribution in [0.5, 0.6) is 0 Å². The molecule has 0 aromatic carbocycles. The van der Waals surface area contributed by atoms with Gasteiger partial charge >= 0.3 is 0 Å². The fourth-order valence-corrected chi connectivity index (χ4v) is 4.60.